The minimum absolute atomic E-state index is 0.0912. The van der Waals surface area contributed by atoms with Gasteiger partial charge in [0.05, 0.1) is 11.6 Å². The highest BCUT2D eigenvalue weighted by molar-refractivity contribution is 7.19. The molecule has 0 aliphatic heterocycles. The Bertz CT molecular complexity index is 997. The van der Waals surface area contributed by atoms with Crippen LogP contribution in [0.5, 0.6) is 0 Å². The lowest BCUT2D eigenvalue weighted by molar-refractivity contribution is 0.158. The van der Waals surface area contributed by atoms with Gasteiger partial charge in [0.15, 0.2) is 0 Å². The summed E-state index contributed by atoms with van der Waals surface area (Å²) < 4.78 is 33.7. The predicted octanol–water partition coefficient (Wildman–Crippen LogP) is 6.02. The van der Waals surface area contributed by atoms with Gasteiger partial charge in [-0.05, 0) is 49.7 Å². The third-order valence-electron chi connectivity index (χ3n) is 5.47. The molecule has 3 rings (SSSR count). The Kier molecular flexibility index (Phi) is 7.81. The third-order valence-corrected chi connectivity index (χ3v) is 6.97. The average Bonchev–Trinajstić information content (AvgIpc) is 3.06. The van der Waals surface area contributed by atoms with Crippen molar-refractivity contribution >= 4 is 16.3 Å². The predicted molar refractivity (Wildman–Crippen MR) is 126 cm³/mol. The SMILES string of the molecule is COCCN(C)Cc1c(-c2ccc(C)cc2)sc(N(C)Cc2c(F)cccc2F)c1C. The molecule has 0 radical (unpaired) electrons. The Morgan fingerprint density at radius 1 is 0.903 bits per heavy atom. The molecule has 6 heteroatoms. The summed E-state index contributed by atoms with van der Waals surface area (Å²) in [6.07, 6.45) is 0. The number of ether oxygens (including phenoxy) is 1. The highest BCUT2D eigenvalue weighted by Gasteiger charge is 2.21. The summed E-state index contributed by atoms with van der Waals surface area (Å²) in [6.45, 7) is 6.61. The van der Waals surface area contributed by atoms with Gasteiger partial charge in [-0.1, -0.05) is 35.9 Å². The van der Waals surface area contributed by atoms with E-state index in [2.05, 4.69) is 50.1 Å². The fraction of sp³-hybridized carbons (Fsp3) is 0.360. The van der Waals surface area contributed by atoms with Crippen molar-refractivity contribution in [3.63, 3.8) is 0 Å². The third kappa shape index (κ3) is 5.50. The van der Waals surface area contributed by atoms with Crippen LogP contribution in [0.15, 0.2) is 42.5 Å². The van der Waals surface area contributed by atoms with Crippen molar-refractivity contribution in [2.75, 3.05) is 39.3 Å². The molecule has 0 bridgehead atoms. The van der Waals surface area contributed by atoms with Gasteiger partial charge in [0.2, 0.25) is 0 Å². The second-order valence-electron chi connectivity index (χ2n) is 7.99. The molecular weight excluding hydrogens is 414 g/mol. The standard InChI is InChI=1S/C25H30F2N2OS/c1-17-9-11-19(12-10-17)24-20(15-28(3)13-14-30-5)18(2)25(31-24)29(4)16-21-22(26)7-6-8-23(21)27/h6-12H,13-16H2,1-5H3. The number of anilines is 1. The van der Waals surface area contributed by atoms with Crippen LogP contribution in [0, 0.1) is 25.5 Å². The van der Waals surface area contributed by atoms with Crippen LogP contribution in [-0.2, 0) is 17.8 Å². The first-order valence-electron chi connectivity index (χ1n) is 10.3. The van der Waals surface area contributed by atoms with Gasteiger partial charge in [0.1, 0.15) is 11.6 Å². The van der Waals surface area contributed by atoms with Gasteiger partial charge in [0, 0.05) is 44.2 Å². The Hall–Kier alpha value is -2.28. The smallest absolute Gasteiger partial charge is 0.131 e. The Balaban J connectivity index is 1.98. The number of methoxy groups -OCH3 is 1. The summed E-state index contributed by atoms with van der Waals surface area (Å²) in [5.41, 5.74) is 4.84. The van der Waals surface area contributed by atoms with E-state index < -0.39 is 11.6 Å². The maximum atomic E-state index is 14.2. The number of thiophene rings is 1. The van der Waals surface area contributed by atoms with Crippen molar-refractivity contribution in [3.8, 4) is 10.4 Å². The van der Waals surface area contributed by atoms with E-state index in [0.29, 0.717) is 6.61 Å². The summed E-state index contributed by atoms with van der Waals surface area (Å²) in [5.74, 6) is -1.03. The monoisotopic (exact) mass is 444 g/mol. The molecule has 31 heavy (non-hydrogen) atoms. The molecule has 1 aromatic heterocycles. The molecule has 3 aromatic rings. The van der Waals surface area contributed by atoms with Crippen LogP contribution in [0.25, 0.3) is 10.4 Å². The molecule has 0 unspecified atom stereocenters. The van der Waals surface area contributed by atoms with Crippen molar-refractivity contribution in [3.05, 3.63) is 76.4 Å². The molecule has 0 spiro atoms. The van der Waals surface area contributed by atoms with Gasteiger partial charge in [-0.15, -0.1) is 11.3 Å². The van der Waals surface area contributed by atoms with Crippen LogP contribution in [0.1, 0.15) is 22.3 Å². The Labute approximate surface area is 187 Å². The average molecular weight is 445 g/mol. The zero-order valence-electron chi connectivity index (χ0n) is 18.8. The number of aryl methyl sites for hydroxylation is 1. The zero-order chi connectivity index (χ0) is 22.5. The van der Waals surface area contributed by atoms with E-state index in [1.165, 1.54) is 34.2 Å². The number of likely N-dealkylation sites (N-methyl/N-ethyl adjacent to an activating group) is 1. The Morgan fingerprint density at radius 2 is 1.55 bits per heavy atom. The van der Waals surface area contributed by atoms with Gasteiger partial charge in [-0.25, -0.2) is 8.78 Å². The summed E-state index contributed by atoms with van der Waals surface area (Å²) in [5, 5.41) is 1.02. The van der Waals surface area contributed by atoms with Crippen molar-refractivity contribution in [1.29, 1.82) is 0 Å². The molecule has 2 aromatic carbocycles. The lowest BCUT2D eigenvalue weighted by Gasteiger charge is -2.20. The zero-order valence-corrected chi connectivity index (χ0v) is 19.7. The summed E-state index contributed by atoms with van der Waals surface area (Å²) >= 11 is 1.67. The van der Waals surface area contributed by atoms with E-state index >= 15 is 0 Å². The molecule has 0 saturated heterocycles. The lowest BCUT2D eigenvalue weighted by Crippen LogP contribution is -2.23. The first-order chi connectivity index (χ1) is 14.8. The van der Waals surface area contributed by atoms with Gasteiger partial charge in [0.25, 0.3) is 0 Å². The van der Waals surface area contributed by atoms with Crippen LogP contribution in [0.3, 0.4) is 0 Å². The van der Waals surface area contributed by atoms with Crippen molar-refractivity contribution < 1.29 is 13.5 Å². The molecule has 0 aliphatic carbocycles. The highest BCUT2D eigenvalue weighted by atomic mass is 32.1. The van der Waals surface area contributed by atoms with E-state index in [1.807, 2.05) is 11.9 Å². The topological polar surface area (TPSA) is 15.7 Å². The molecule has 3 nitrogen and oxygen atoms in total. The minimum Gasteiger partial charge on any atom is -0.383 e. The quantitative estimate of drug-likeness (QED) is 0.401. The number of halogens is 2. The highest BCUT2D eigenvalue weighted by Crippen LogP contribution is 2.42. The minimum atomic E-state index is -0.515. The number of rotatable bonds is 9. The number of hydrogen-bond donors (Lipinski definition) is 0. The van der Waals surface area contributed by atoms with E-state index in [4.69, 9.17) is 4.74 Å². The van der Waals surface area contributed by atoms with E-state index in [1.54, 1.807) is 18.4 Å². The summed E-state index contributed by atoms with van der Waals surface area (Å²) in [7, 11) is 5.67. The van der Waals surface area contributed by atoms with E-state index in [0.717, 1.165) is 29.2 Å². The molecule has 1 heterocycles. The van der Waals surface area contributed by atoms with Crippen LogP contribution >= 0.6 is 11.3 Å². The summed E-state index contributed by atoms with van der Waals surface area (Å²) in [6, 6.07) is 12.5. The second-order valence-corrected chi connectivity index (χ2v) is 8.99. The van der Waals surface area contributed by atoms with E-state index in [-0.39, 0.29) is 12.1 Å². The Morgan fingerprint density at radius 3 is 2.16 bits per heavy atom. The van der Waals surface area contributed by atoms with Crippen LogP contribution in [-0.4, -0.2) is 39.3 Å². The van der Waals surface area contributed by atoms with Crippen molar-refractivity contribution in [1.82, 2.24) is 4.90 Å². The normalized spacial score (nSPS) is 11.4. The van der Waals surface area contributed by atoms with Gasteiger partial charge in [-0.2, -0.15) is 0 Å². The van der Waals surface area contributed by atoms with Crippen LogP contribution in [0.2, 0.25) is 0 Å². The molecule has 0 amide bonds. The number of benzene rings is 2. The largest absolute Gasteiger partial charge is 0.383 e. The fourth-order valence-corrected chi connectivity index (χ4v) is 4.90. The van der Waals surface area contributed by atoms with E-state index in [9.17, 15) is 8.78 Å². The van der Waals surface area contributed by atoms with Crippen molar-refractivity contribution in [2.45, 2.75) is 26.9 Å². The maximum absolute atomic E-state index is 14.2. The van der Waals surface area contributed by atoms with Gasteiger partial charge >= 0.3 is 0 Å². The lowest BCUT2D eigenvalue weighted by atomic mass is 10.0. The van der Waals surface area contributed by atoms with Gasteiger partial charge < -0.3 is 9.64 Å². The maximum Gasteiger partial charge on any atom is 0.131 e. The molecule has 0 atom stereocenters. The molecule has 0 aliphatic rings. The number of nitrogens with zero attached hydrogens (tertiary/aromatic N) is 2. The van der Waals surface area contributed by atoms with Crippen LogP contribution in [0.4, 0.5) is 13.8 Å². The summed E-state index contributed by atoms with van der Waals surface area (Å²) in [4.78, 5) is 5.37. The molecular formula is C25H30F2N2OS. The fourth-order valence-electron chi connectivity index (χ4n) is 3.62. The van der Waals surface area contributed by atoms with Gasteiger partial charge in [-0.3, -0.25) is 4.90 Å². The molecule has 0 saturated carbocycles. The molecule has 166 valence electrons. The van der Waals surface area contributed by atoms with Crippen LogP contribution < -0.4 is 4.90 Å². The molecule has 0 fully saturated rings. The van der Waals surface area contributed by atoms with Crippen molar-refractivity contribution in [2.24, 2.45) is 0 Å². The first kappa shape index (κ1) is 23.4. The first-order valence-corrected chi connectivity index (χ1v) is 11.1. The molecule has 0 N–H and O–H groups in total. The second kappa shape index (κ2) is 10.4. The number of hydrogen-bond acceptors (Lipinski definition) is 4.